The highest BCUT2D eigenvalue weighted by atomic mass is 16.7. The molecule has 1 N–H and O–H groups in total. The number of benzene rings is 2. The van der Waals surface area contributed by atoms with Gasteiger partial charge in [0.25, 0.3) is 6.29 Å². The number of ether oxygens (including phenoxy) is 4. The van der Waals surface area contributed by atoms with E-state index in [0.29, 0.717) is 43.1 Å². The molecular weight excluding hydrogens is 412 g/mol. The molecule has 172 valence electrons. The fraction of sp³-hybridized carbons (Fsp3) is 0.440. The van der Waals surface area contributed by atoms with Gasteiger partial charge in [0.2, 0.25) is 0 Å². The highest BCUT2D eigenvalue weighted by Crippen LogP contribution is 2.36. The third-order valence-corrected chi connectivity index (χ3v) is 5.10. The summed E-state index contributed by atoms with van der Waals surface area (Å²) in [6, 6.07) is 12.4. The van der Waals surface area contributed by atoms with Crippen LogP contribution in [-0.4, -0.2) is 43.0 Å². The zero-order chi connectivity index (χ0) is 22.8. The SMILES string of the molecule is CCCc1c(OCCCCCOC(Oc2ccccc2)C(=O)O)ccc2c1OCCC2=O. The molecule has 0 radical (unpaired) electrons. The van der Waals surface area contributed by atoms with E-state index in [1.165, 1.54) is 0 Å². The second-order valence-electron chi connectivity index (χ2n) is 7.57. The van der Waals surface area contributed by atoms with Crippen molar-refractivity contribution in [3.8, 4) is 17.2 Å². The van der Waals surface area contributed by atoms with Gasteiger partial charge in [0.15, 0.2) is 5.78 Å². The van der Waals surface area contributed by atoms with Crippen molar-refractivity contribution in [2.24, 2.45) is 0 Å². The molecule has 32 heavy (non-hydrogen) atoms. The van der Waals surface area contributed by atoms with Gasteiger partial charge in [-0.15, -0.1) is 0 Å². The number of fused-ring (bicyclic) bond motifs is 1. The second kappa shape index (κ2) is 12.1. The van der Waals surface area contributed by atoms with Crippen molar-refractivity contribution in [3.05, 3.63) is 53.6 Å². The summed E-state index contributed by atoms with van der Waals surface area (Å²) in [5.74, 6) is 0.845. The Kier molecular flexibility index (Phi) is 8.92. The van der Waals surface area contributed by atoms with E-state index in [1.54, 1.807) is 30.3 Å². The maximum Gasteiger partial charge on any atom is 0.373 e. The average Bonchev–Trinajstić information content (AvgIpc) is 2.79. The van der Waals surface area contributed by atoms with Crippen molar-refractivity contribution in [1.29, 1.82) is 0 Å². The van der Waals surface area contributed by atoms with E-state index in [9.17, 15) is 14.7 Å². The lowest BCUT2D eigenvalue weighted by molar-refractivity contribution is -0.171. The van der Waals surface area contributed by atoms with Gasteiger partial charge in [-0.05, 0) is 49.9 Å². The van der Waals surface area contributed by atoms with Gasteiger partial charge in [-0.3, -0.25) is 4.79 Å². The van der Waals surface area contributed by atoms with Crippen molar-refractivity contribution in [2.45, 2.75) is 51.7 Å². The van der Waals surface area contributed by atoms with E-state index in [0.717, 1.165) is 37.0 Å². The number of unbranched alkanes of at least 4 members (excludes halogenated alkanes) is 2. The summed E-state index contributed by atoms with van der Waals surface area (Å²) >= 11 is 0. The number of carbonyl (C=O) groups excluding carboxylic acids is 1. The van der Waals surface area contributed by atoms with E-state index < -0.39 is 12.3 Å². The van der Waals surface area contributed by atoms with Crippen molar-refractivity contribution in [2.75, 3.05) is 19.8 Å². The van der Waals surface area contributed by atoms with Gasteiger partial charge >= 0.3 is 5.97 Å². The molecule has 1 aliphatic heterocycles. The van der Waals surface area contributed by atoms with Crippen LogP contribution in [0.3, 0.4) is 0 Å². The second-order valence-corrected chi connectivity index (χ2v) is 7.57. The molecule has 2 aromatic carbocycles. The normalized spacial score (nSPS) is 13.7. The third kappa shape index (κ3) is 6.47. The molecule has 0 saturated carbocycles. The summed E-state index contributed by atoms with van der Waals surface area (Å²) in [6.07, 6.45) is 3.11. The largest absolute Gasteiger partial charge is 0.493 e. The molecule has 0 amide bonds. The van der Waals surface area contributed by atoms with E-state index in [4.69, 9.17) is 18.9 Å². The molecule has 7 nitrogen and oxygen atoms in total. The number of hydrogen-bond acceptors (Lipinski definition) is 6. The lowest BCUT2D eigenvalue weighted by Gasteiger charge is -2.22. The molecule has 0 bridgehead atoms. The van der Waals surface area contributed by atoms with Crippen LogP contribution in [0.5, 0.6) is 17.2 Å². The number of carboxylic acid groups (broad SMARTS) is 1. The smallest absolute Gasteiger partial charge is 0.373 e. The Morgan fingerprint density at radius 2 is 1.88 bits per heavy atom. The number of rotatable bonds is 13. The van der Waals surface area contributed by atoms with Crippen LogP contribution in [0, 0.1) is 0 Å². The first-order valence-electron chi connectivity index (χ1n) is 11.1. The fourth-order valence-electron chi connectivity index (χ4n) is 3.53. The topological polar surface area (TPSA) is 91.3 Å². The van der Waals surface area contributed by atoms with E-state index in [2.05, 4.69) is 6.92 Å². The molecule has 1 atom stereocenters. The Balaban J connectivity index is 1.42. The van der Waals surface area contributed by atoms with Crippen LogP contribution in [0.4, 0.5) is 0 Å². The van der Waals surface area contributed by atoms with Crippen molar-refractivity contribution in [3.63, 3.8) is 0 Å². The Bertz CT molecular complexity index is 895. The molecule has 0 aromatic heterocycles. The number of Topliss-reactive ketones (excluding diaryl/α,β-unsaturated/α-hetero) is 1. The van der Waals surface area contributed by atoms with Crippen LogP contribution in [-0.2, 0) is 16.0 Å². The van der Waals surface area contributed by atoms with Crippen molar-refractivity contribution in [1.82, 2.24) is 0 Å². The molecular formula is C25H30O7. The number of aliphatic carboxylic acids is 1. The highest BCUT2D eigenvalue weighted by Gasteiger charge is 2.24. The summed E-state index contributed by atoms with van der Waals surface area (Å²) in [7, 11) is 0. The minimum Gasteiger partial charge on any atom is -0.493 e. The summed E-state index contributed by atoms with van der Waals surface area (Å²) in [6.45, 7) is 3.29. The predicted molar refractivity (Wildman–Crippen MR) is 119 cm³/mol. The number of carboxylic acids is 1. The molecule has 2 aromatic rings. The standard InChI is InChI=1S/C25H30O7/c1-2-9-20-22(13-12-19-21(26)14-17-30-23(19)20)29-15-7-4-8-16-31-25(24(27)28)32-18-10-5-3-6-11-18/h3,5-6,10-13,25H,2,4,7-9,14-17H2,1H3,(H,27,28). The van der Waals surface area contributed by atoms with Gasteiger partial charge in [0.1, 0.15) is 17.2 Å². The van der Waals surface area contributed by atoms with Crippen LogP contribution in [0.1, 0.15) is 54.9 Å². The zero-order valence-corrected chi connectivity index (χ0v) is 18.4. The minimum absolute atomic E-state index is 0.117. The highest BCUT2D eigenvalue weighted by molar-refractivity contribution is 6.00. The molecule has 7 heteroatoms. The molecule has 1 aliphatic rings. The van der Waals surface area contributed by atoms with Gasteiger partial charge in [-0.1, -0.05) is 31.5 Å². The molecule has 0 aliphatic carbocycles. The summed E-state index contributed by atoms with van der Waals surface area (Å²) in [4.78, 5) is 23.5. The molecule has 0 fully saturated rings. The Morgan fingerprint density at radius 1 is 1.09 bits per heavy atom. The van der Waals surface area contributed by atoms with Crippen molar-refractivity contribution >= 4 is 11.8 Å². The molecule has 1 heterocycles. The Labute approximate surface area is 188 Å². The predicted octanol–water partition coefficient (Wildman–Crippen LogP) is 4.66. The number of para-hydroxylation sites is 1. The number of ketones is 1. The maximum absolute atomic E-state index is 12.1. The van der Waals surface area contributed by atoms with Crippen LogP contribution < -0.4 is 14.2 Å². The van der Waals surface area contributed by atoms with Gasteiger partial charge in [-0.2, -0.15) is 0 Å². The van der Waals surface area contributed by atoms with Gasteiger partial charge in [0.05, 0.1) is 25.4 Å². The van der Waals surface area contributed by atoms with E-state index in [-0.39, 0.29) is 12.4 Å². The lowest BCUT2D eigenvalue weighted by atomic mass is 9.98. The van der Waals surface area contributed by atoms with Gasteiger partial charge in [-0.25, -0.2) is 4.79 Å². The first-order chi connectivity index (χ1) is 15.6. The maximum atomic E-state index is 12.1. The Hall–Kier alpha value is -3.06. The van der Waals surface area contributed by atoms with Gasteiger partial charge in [0, 0.05) is 12.0 Å². The summed E-state index contributed by atoms with van der Waals surface area (Å²) in [5.41, 5.74) is 1.61. The van der Waals surface area contributed by atoms with Crippen LogP contribution in [0.2, 0.25) is 0 Å². The minimum atomic E-state index is -1.33. The zero-order valence-electron chi connectivity index (χ0n) is 18.4. The van der Waals surface area contributed by atoms with Crippen LogP contribution >= 0.6 is 0 Å². The third-order valence-electron chi connectivity index (χ3n) is 5.10. The Morgan fingerprint density at radius 3 is 2.62 bits per heavy atom. The monoisotopic (exact) mass is 442 g/mol. The molecule has 0 spiro atoms. The first-order valence-corrected chi connectivity index (χ1v) is 11.1. The molecule has 0 saturated heterocycles. The lowest BCUT2D eigenvalue weighted by Crippen LogP contribution is -2.30. The van der Waals surface area contributed by atoms with Crippen molar-refractivity contribution < 1.29 is 33.6 Å². The molecule has 1 unspecified atom stereocenters. The molecule has 3 rings (SSSR count). The number of hydrogen-bond donors (Lipinski definition) is 1. The fourth-order valence-corrected chi connectivity index (χ4v) is 3.53. The van der Waals surface area contributed by atoms with Crippen LogP contribution in [0.15, 0.2) is 42.5 Å². The number of carbonyl (C=O) groups is 2. The first kappa shape index (κ1) is 23.6. The quantitative estimate of drug-likeness (QED) is 0.356. The summed E-state index contributed by atoms with van der Waals surface area (Å²) < 4.78 is 22.5. The summed E-state index contributed by atoms with van der Waals surface area (Å²) in [5, 5.41) is 9.27. The van der Waals surface area contributed by atoms with E-state index in [1.807, 2.05) is 12.1 Å². The van der Waals surface area contributed by atoms with Gasteiger partial charge < -0.3 is 24.1 Å². The van der Waals surface area contributed by atoms with Crippen LogP contribution in [0.25, 0.3) is 0 Å². The van der Waals surface area contributed by atoms with E-state index >= 15 is 0 Å². The average molecular weight is 443 g/mol.